The molecule has 86 valence electrons. The van der Waals surface area contributed by atoms with Gasteiger partial charge in [-0.3, -0.25) is 4.79 Å². The number of aryl methyl sites for hydroxylation is 1. The highest BCUT2D eigenvalue weighted by atomic mass is 16.6. The van der Waals surface area contributed by atoms with Crippen LogP contribution in [0.15, 0.2) is 24.3 Å². The van der Waals surface area contributed by atoms with Crippen LogP contribution in [-0.2, 0) is 16.0 Å². The van der Waals surface area contributed by atoms with Gasteiger partial charge in [0.25, 0.3) is 0 Å². The maximum atomic E-state index is 11.2. The fourth-order valence-electron chi connectivity index (χ4n) is 1.99. The van der Waals surface area contributed by atoms with Gasteiger partial charge in [-0.2, -0.15) is 0 Å². The van der Waals surface area contributed by atoms with Crippen molar-refractivity contribution in [1.29, 1.82) is 0 Å². The monoisotopic (exact) mass is 219 g/mol. The number of cyclic esters (lactones) is 1. The first-order valence-corrected chi connectivity index (χ1v) is 5.75. The van der Waals surface area contributed by atoms with Crippen LogP contribution in [0.25, 0.3) is 0 Å². The molecule has 2 rings (SSSR count). The van der Waals surface area contributed by atoms with Crippen molar-refractivity contribution in [3.05, 3.63) is 35.4 Å². The minimum Gasteiger partial charge on any atom is -0.456 e. The van der Waals surface area contributed by atoms with Crippen LogP contribution >= 0.6 is 0 Å². The van der Waals surface area contributed by atoms with Crippen molar-refractivity contribution in [2.75, 3.05) is 0 Å². The van der Waals surface area contributed by atoms with E-state index < -0.39 is 6.04 Å². The first-order valence-electron chi connectivity index (χ1n) is 5.75. The molecular formula is C13H17NO2. The summed E-state index contributed by atoms with van der Waals surface area (Å²) in [6.45, 7) is 2.16. The summed E-state index contributed by atoms with van der Waals surface area (Å²) >= 11 is 0. The van der Waals surface area contributed by atoms with Gasteiger partial charge >= 0.3 is 5.97 Å². The second kappa shape index (κ2) is 4.66. The maximum Gasteiger partial charge on any atom is 0.323 e. The highest BCUT2D eigenvalue weighted by molar-refractivity contribution is 5.77. The van der Waals surface area contributed by atoms with Gasteiger partial charge in [0, 0.05) is 6.42 Å². The molecule has 1 saturated heterocycles. The summed E-state index contributed by atoms with van der Waals surface area (Å²) in [5.41, 5.74) is 7.97. The van der Waals surface area contributed by atoms with Crippen molar-refractivity contribution in [2.24, 2.45) is 5.73 Å². The van der Waals surface area contributed by atoms with Crippen LogP contribution in [0.1, 0.15) is 37.0 Å². The summed E-state index contributed by atoms with van der Waals surface area (Å²) in [7, 11) is 0. The third kappa shape index (κ3) is 2.25. The number of carbonyl (C=O) groups excluding carboxylic acids is 1. The van der Waals surface area contributed by atoms with Gasteiger partial charge in [0.05, 0.1) is 0 Å². The topological polar surface area (TPSA) is 52.3 Å². The van der Waals surface area contributed by atoms with Gasteiger partial charge in [-0.05, 0) is 17.5 Å². The summed E-state index contributed by atoms with van der Waals surface area (Å²) in [5.74, 6) is -0.289. The van der Waals surface area contributed by atoms with E-state index in [1.165, 1.54) is 5.56 Å². The van der Waals surface area contributed by atoms with E-state index >= 15 is 0 Å². The van der Waals surface area contributed by atoms with Gasteiger partial charge in [0.2, 0.25) is 0 Å². The van der Waals surface area contributed by atoms with Gasteiger partial charge in [-0.15, -0.1) is 0 Å². The minimum atomic E-state index is -0.458. The average molecular weight is 219 g/mol. The fraction of sp³-hybridized carbons (Fsp3) is 0.462. The molecule has 1 aliphatic heterocycles. The summed E-state index contributed by atoms with van der Waals surface area (Å²) in [4.78, 5) is 11.2. The van der Waals surface area contributed by atoms with Crippen molar-refractivity contribution >= 4 is 5.97 Å². The molecule has 0 amide bonds. The predicted molar refractivity (Wildman–Crippen MR) is 61.9 cm³/mol. The average Bonchev–Trinajstić information content (AvgIpc) is 2.61. The molecule has 1 aliphatic rings. The number of esters is 1. The highest BCUT2D eigenvalue weighted by Gasteiger charge is 2.32. The Labute approximate surface area is 95.6 Å². The number of nitrogens with two attached hydrogens (primary N) is 1. The van der Waals surface area contributed by atoms with E-state index in [9.17, 15) is 4.79 Å². The van der Waals surface area contributed by atoms with Gasteiger partial charge in [0.15, 0.2) is 0 Å². The van der Waals surface area contributed by atoms with E-state index in [-0.39, 0.29) is 12.1 Å². The summed E-state index contributed by atoms with van der Waals surface area (Å²) in [6.07, 6.45) is 2.66. The summed E-state index contributed by atoms with van der Waals surface area (Å²) in [5, 5.41) is 0. The molecule has 0 bridgehead atoms. The minimum absolute atomic E-state index is 0.154. The van der Waals surface area contributed by atoms with E-state index in [0.29, 0.717) is 6.42 Å². The third-order valence-electron chi connectivity index (χ3n) is 2.92. The van der Waals surface area contributed by atoms with Crippen molar-refractivity contribution in [3.63, 3.8) is 0 Å². The van der Waals surface area contributed by atoms with Crippen molar-refractivity contribution in [3.8, 4) is 0 Å². The second-order valence-electron chi connectivity index (χ2n) is 4.26. The van der Waals surface area contributed by atoms with Crippen LogP contribution in [0, 0.1) is 0 Å². The van der Waals surface area contributed by atoms with E-state index in [1.54, 1.807) is 0 Å². The smallest absolute Gasteiger partial charge is 0.323 e. The molecule has 2 unspecified atom stereocenters. The van der Waals surface area contributed by atoms with Crippen LogP contribution in [-0.4, -0.2) is 12.0 Å². The Morgan fingerprint density at radius 1 is 1.38 bits per heavy atom. The molecule has 3 heteroatoms. The Morgan fingerprint density at radius 2 is 2.06 bits per heavy atom. The largest absolute Gasteiger partial charge is 0.456 e. The molecule has 0 aliphatic carbocycles. The predicted octanol–water partition coefficient (Wildman–Crippen LogP) is 1.95. The van der Waals surface area contributed by atoms with Crippen molar-refractivity contribution in [1.82, 2.24) is 0 Å². The maximum absolute atomic E-state index is 11.2. The van der Waals surface area contributed by atoms with Gasteiger partial charge < -0.3 is 10.5 Å². The zero-order chi connectivity index (χ0) is 11.5. The first-order chi connectivity index (χ1) is 7.70. The molecular weight excluding hydrogens is 202 g/mol. The van der Waals surface area contributed by atoms with E-state index in [2.05, 4.69) is 19.1 Å². The Balaban J connectivity index is 2.08. The number of carbonyl (C=O) groups is 1. The molecule has 0 radical (unpaired) electrons. The molecule has 16 heavy (non-hydrogen) atoms. The van der Waals surface area contributed by atoms with E-state index in [1.807, 2.05) is 12.1 Å². The lowest BCUT2D eigenvalue weighted by Crippen LogP contribution is -2.24. The first kappa shape index (κ1) is 11.1. The SMILES string of the molecule is CCCc1ccc(C2CC(N)C(=O)O2)cc1. The number of benzene rings is 1. The number of hydrogen-bond acceptors (Lipinski definition) is 3. The van der Waals surface area contributed by atoms with Crippen LogP contribution in [0.5, 0.6) is 0 Å². The zero-order valence-electron chi connectivity index (χ0n) is 9.48. The molecule has 3 nitrogen and oxygen atoms in total. The molecule has 1 aromatic rings. The van der Waals surface area contributed by atoms with Gasteiger partial charge in [-0.1, -0.05) is 37.6 Å². The van der Waals surface area contributed by atoms with Crippen molar-refractivity contribution < 1.29 is 9.53 Å². The summed E-state index contributed by atoms with van der Waals surface area (Å²) < 4.78 is 5.20. The molecule has 1 aromatic carbocycles. The Hall–Kier alpha value is -1.35. The summed E-state index contributed by atoms with van der Waals surface area (Å²) in [6, 6.07) is 7.79. The fourth-order valence-corrected chi connectivity index (χ4v) is 1.99. The molecule has 0 spiro atoms. The zero-order valence-corrected chi connectivity index (χ0v) is 9.48. The molecule has 0 aromatic heterocycles. The lowest BCUT2D eigenvalue weighted by molar-refractivity contribution is -0.142. The molecule has 0 saturated carbocycles. The standard InChI is InChI=1S/C13H17NO2/c1-2-3-9-4-6-10(7-5-9)12-8-11(14)13(15)16-12/h4-7,11-12H,2-3,8,14H2,1H3. The third-order valence-corrected chi connectivity index (χ3v) is 2.92. The van der Waals surface area contributed by atoms with Crippen LogP contribution in [0.3, 0.4) is 0 Å². The Morgan fingerprint density at radius 3 is 2.56 bits per heavy atom. The van der Waals surface area contributed by atoms with E-state index in [0.717, 1.165) is 18.4 Å². The Bertz CT molecular complexity index is 372. The van der Waals surface area contributed by atoms with Crippen LogP contribution in [0.4, 0.5) is 0 Å². The van der Waals surface area contributed by atoms with Crippen LogP contribution < -0.4 is 5.73 Å². The number of rotatable bonds is 3. The van der Waals surface area contributed by atoms with Crippen LogP contribution in [0.2, 0.25) is 0 Å². The number of ether oxygens (including phenoxy) is 1. The van der Waals surface area contributed by atoms with Gasteiger partial charge in [0.1, 0.15) is 12.1 Å². The quantitative estimate of drug-likeness (QED) is 0.790. The van der Waals surface area contributed by atoms with E-state index in [4.69, 9.17) is 10.5 Å². The lowest BCUT2D eigenvalue weighted by atomic mass is 10.0. The highest BCUT2D eigenvalue weighted by Crippen LogP contribution is 2.28. The molecule has 2 N–H and O–H groups in total. The molecule has 1 heterocycles. The molecule has 2 atom stereocenters. The molecule has 1 fully saturated rings. The normalized spacial score (nSPS) is 24.5. The lowest BCUT2D eigenvalue weighted by Gasteiger charge is -2.09. The number of hydrogen-bond donors (Lipinski definition) is 1. The van der Waals surface area contributed by atoms with Crippen molar-refractivity contribution in [2.45, 2.75) is 38.3 Å². The Kier molecular flexibility index (Phi) is 3.25. The second-order valence-corrected chi connectivity index (χ2v) is 4.26. The van der Waals surface area contributed by atoms with Gasteiger partial charge in [-0.25, -0.2) is 0 Å².